The zero-order valence-electron chi connectivity index (χ0n) is 12.8. The summed E-state index contributed by atoms with van der Waals surface area (Å²) >= 11 is 6.34. The summed E-state index contributed by atoms with van der Waals surface area (Å²) < 4.78 is 5.24. The first-order chi connectivity index (χ1) is 11.1. The van der Waals surface area contributed by atoms with Crippen LogP contribution >= 0.6 is 11.6 Å². The lowest BCUT2D eigenvalue weighted by Gasteiger charge is -2.06. The van der Waals surface area contributed by atoms with Gasteiger partial charge in [-0.2, -0.15) is 0 Å². The molecule has 23 heavy (non-hydrogen) atoms. The topological polar surface area (TPSA) is 55.0 Å². The minimum Gasteiger partial charge on any atom is -0.496 e. The lowest BCUT2D eigenvalue weighted by Crippen LogP contribution is -2.10. The van der Waals surface area contributed by atoms with Crippen LogP contribution in [0.4, 0.5) is 0 Å². The molecule has 116 valence electrons. The lowest BCUT2D eigenvalue weighted by molar-refractivity contribution is 0.411. The van der Waals surface area contributed by atoms with E-state index < -0.39 is 0 Å². The van der Waals surface area contributed by atoms with Crippen molar-refractivity contribution in [2.75, 3.05) is 7.11 Å². The third-order valence-corrected chi connectivity index (χ3v) is 3.84. The van der Waals surface area contributed by atoms with Crippen molar-refractivity contribution >= 4 is 33.6 Å². The van der Waals surface area contributed by atoms with Gasteiger partial charge in [-0.15, -0.1) is 0 Å². The minimum atomic E-state index is -0.205. The Morgan fingerprint density at radius 1 is 1.26 bits per heavy atom. The van der Waals surface area contributed by atoms with E-state index in [4.69, 9.17) is 16.3 Å². The molecular weight excluding hydrogens is 312 g/mol. The van der Waals surface area contributed by atoms with Gasteiger partial charge in [0.05, 0.1) is 23.0 Å². The Bertz CT molecular complexity index is 961. The number of hydrogen-bond acceptors (Lipinski definition) is 3. The number of aromatic amines is 1. The molecule has 0 atom stereocenters. The molecule has 0 saturated carbocycles. The summed E-state index contributed by atoms with van der Waals surface area (Å²) in [5.74, 6) is 1.17. The molecule has 3 aromatic rings. The first-order valence-corrected chi connectivity index (χ1v) is 7.47. The predicted molar refractivity (Wildman–Crippen MR) is 93.8 cm³/mol. The Hall–Kier alpha value is -2.59. The highest BCUT2D eigenvalue weighted by Crippen LogP contribution is 2.23. The fraction of sp³-hybridized carbons (Fsp3) is 0.111. The molecule has 1 N–H and O–H groups in total. The number of nitrogens with one attached hydrogen (secondary N) is 1. The summed E-state index contributed by atoms with van der Waals surface area (Å²) in [4.78, 5) is 19.2. The molecule has 1 aromatic heterocycles. The van der Waals surface area contributed by atoms with Crippen molar-refractivity contribution in [3.05, 3.63) is 69.8 Å². The van der Waals surface area contributed by atoms with Gasteiger partial charge in [0.2, 0.25) is 0 Å². The van der Waals surface area contributed by atoms with Crippen molar-refractivity contribution in [3.8, 4) is 5.75 Å². The predicted octanol–water partition coefficient (Wildman–Crippen LogP) is 3.98. The van der Waals surface area contributed by atoms with Crippen molar-refractivity contribution in [1.82, 2.24) is 9.97 Å². The first-order valence-electron chi connectivity index (χ1n) is 7.10. The van der Waals surface area contributed by atoms with E-state index in [0.29, 0.717) is 21.8 Å². The standard InChI is InChI=1S/C18H15ClN2O2/c1-11-9-12(7-8-16(11)23-2)10-14(19)17-20-15-6-4-3-5-13(15)18(22)21-17/h3-10H,1-2H3,(H,20,21,22)/b14-10-. The van der Waals surface area contributed by atoms with Crippen LogP contribution in [0.3, 0.4) is 0 Å². The van der Waals surface area contributed by atoms with Gasteiger partial charge in [0.25, 0.3) is 5.56 Å². The van der Waals surface area contributed by atoms with E-state index in [1.165, 1.54) is 0 Å². The Morgan fingerprint density at radius 3 is 2.78 bits per heavy atom. The molecule has 5 heteroatoms. The molecule has 2 aromatic carbocycles. The van der Waals surface area contributed by atoms with E-state index in [1.54, 1.807) is 31.4 Å². The number of methoxy groups -OCH3 is 1. The number of benzene rings is 2. The molecule has 1 heterocycles. The zero-order chi connectivity index (χ0) is 16.4. The second kappa shape index (κ2) is 6.26. The maximum Gasteiger partial charge on any atom is 0.259 e. The van der Waals surface area contributed by atoms with Crippen LogP contribution in [0.5, 0.6) is 5.75 Å². The van der Waals surface area contributed by atoms with Crippen molar-refractivity contribution in [2.24, 2.45) is 0 Å². The number of rotatable bonds is 3. The number of aryl methyl sites for hydroxylation is 1. The molecule has 0 bridgehead atoms. The fourth-order valence-electron chi connectivity index (χ4n) is 2.41. The number of H-pyrrole nitrogens is 1. The second-order valence-corrected chi connectivity index (χ2v) is 5.56. The van der Waals surface area contributed by atoms with Crippen LogP contribution in [0, 0.1) is 6.92 Å². The second-order valence-electron chi connectivity index (χ2n) is 5.15. The Kier molecular flexibility index (Phi) is 4.17. The van der Waals surface area contributed by atoms with Crippen LogP contribution in [0.15, 0.2) is 47.3 Å². The summed E-state index contributed by atoms with van der Waals surface area (Å²) in [6.45, 7) is 1.96. The van der Waals surface area contributed by atoms with Crippen molar-refractivity contribution in [3.63, 3.8) is 0 Å². The van der Waals surface area contributed by atoms with Gasteiger partial charge in [0.1, 0.15) is 5.75 Å². The van der Waals surface area contributed by atoms with Crippen LogP contribution < -0.4 is 10.3 Å². The van der Waals surface area contributed by atoms with Gasteiger partial charge in [-0.3, -0.25) is 4.79 Å². The van der Waals surface area contributed by atoms with E-state index in [0.717, 1.165) is 16.9 Å². The van der Waals surface area contributed by atoms with Crippen LogP contribution in [-0.4, -0.2) is 17.1 Å². The van der Waals surface area contributed by atoms with Gasteiger partial charge in [0.15, 0.2) is 5.82 Å². The van der Waals surface area contributed by atoms with Gasteiger partial charge in [-0.05, 0) is 48.4 Å². The van der Waals surface area contributed by atoms with Gasteiger partial charge in [-0.25, -0.2) is 4.98 Å². The highest BCUT2D eigenvalue weighted by molar-refractivity contribution is 6.50. The molecule has 0 fully saturated rings. The molecule has 0 spiro atoms. The molecule has 4 nitrogen and oxygen atoms in total. The number of nitrogens with zero attached hydrogens (tertiary/aromatic N) is 1. The molecule has 0 unspecified atom stereocenters. The van der Waals surface area contributed by atoms with Crippen LogP contribution in [0.2, 0.25) is 0 Å². The van der Waals surface area contributed by atoms with E-state index in [2.05, 4.69) is 9.97 Å². The van der Waals surface area contributed by atoms with Crippen LogP contribution in [-0.2, 0) is 0 Å². The monoisotopic (exact) mass is 326 g/mol. The average Bonchev–Trinajstić information content (AvgIpc) is 2.55. The van der Waals surface area contributed by atoms with E-state index >= 15 is 0 Å². The third-order valence-electron chi connectivity index (χ3n) is 3.55. The number of hydrogen-bond donors (Lipinski definition) is 1. The van der Waals surface area contributed by atoms with Gasteiger partial charge in [-0.1, -0.05) is 29.8 Å². The first kappa shape index (κ1) is 15.3. The number of fused-ring (bicyclic) bond motifs is 1. The van der Waals surface area contributed by atoms with Crippen molar-refractivity contribution in [1.29, 1.82) is 0 Å². The van der Waals surface area contributed by atoms with Crippen LogP contribution in [0.1, 0.15) is 17.0 Å². The smallest absolute Gasteiger partial charge is 0.259 e. The van der Waals surface area contributed by atoms with Crippen molar-refractivity contribution in [2.45, 2.75) is 6.92 Å². The Labute approximate surface area is 138 Å². The molecule has 0 aliphatic rings. The normalized spacial score (nSPS) is 11.7. The average molecular weight is 327 g/mol. The van der Waals surface area contributed by atoms with Crippen LogP contribution in [0.25, 0.3) is 22.0 Å². The number of aromatic nitrogens is 2. The van der Waals surface area contributed by atoms with Gasteiger partial charge < -0.3 is 9.72 Å². The minimum absolute atomic E-state index is 0.205. The molecule has 0 amide bonds. The van der Waals surface area contributed by atoms with Crippen molar-refractivity contribution < 1.29 is 4.74 Å². The fourth-order valence-corrected chi connectivity index (χ4v) is 2.62. The highest BCUT2D eigenvalue weighted by atomic mass is 35.5. The SMILES string of the molecule is COc1ccc(/C=C(\Cl)c2nc3ccccc3c(=O)[nH]2)cc1C. The zero-order valence-corrected chi connectivity index (χ0v) is 13.5. The lowest BCUT2D eigenvalue weighted by atomic mass is 10.1. The largest absolute Gasteiger partial charge is 0.496 e. The number of halogens is 1. The van der Waals surface area contributed by atoms with E-state index in [-0.39, 0.29) is 5.56 Å². The van der Waals surface area contributed by atoms with Gasteiger partial charge >= 0.3 is 0 Å². The Balaban J connectivity index is 2.04. The highest BCUT2D eigenvalue weighted by Gasteiger charge is 2.07. The summed E-state index contributed by atoms with van der Waals surface area (Å²) in [6, 6.07) is 12.9. The maximum atomic E-state index is 12.1. The summed E-state index contributed by atoms with van der Waals surface area (Å²) in [5, 5.41) is 0.915. The molecule has 0 saturated heterocycles. The summed E-state index contributed by atoms with van der Waals surface area (Å²) in [6.07, 6.45) is 1.76. The molecule has 0 aliphatic heterocycles. The van der Waals surface area contributed by atoms with E-state index in [1.807, 2.05) is 31.2 Å². The quantitative estimate of drug-likeness (QED) is 0.792. The number of para-hydroxylation sites is 1. The molecule has 0 radical (unpaired) electrons. The van der Waals surface area contributed by atoms with E-state index in [9.17, 15) is 4.79 Å². The number of ether oxygens (including phenoxy) is 1. The maximum absolute atomic E-state index is 12.1. The molecule has 3 rings (SSSR count). The molecule has 0 aliphatic carbocycles. The summed E-state index contributed by atoms with van der Waals surface area (Å²) in [7, 11) is 1.63. The van der Waals surface area contributed by atoms with Gasteiger partial charge in [0, 0.05) is 0 Å². The Morgan fingerprint density at radius 2 is 2.04 bits per heavy atom. The summed E-state index contributed by atoms with van der Waals surface area (Å²) in [5.41, 5.74) is 2.32. The molecular formula is C18H15ClN2O2. The third kappa shape index (κ3) is 3.12.